The first-order valence-corrected chi connectivity index (χ1v) is 5.42. The Hall–Kier alpha value is -1.57. The molecule has 1 aromatic rings. The van der Waals surface area contributed by atoms with Crippen molar-refractivity contribution in [2.75, 3.05) is 26.3 Å². The van der Waals surface area contributed by atoms with Crippen molar-refractivity contribution in [3.8, 4) is 11.8 Å². The van der Waals surface area contributed by atoms with Gasteiger partial charge < -0.3 is 14.7 Å². The number of nitrogens with zero attached hydrogens (tertiary/aromatic N) is 1. The summed E-state index contributed by atoms with van der Waals surface area (Å²) >= 11 is 0. The zero-order valence-corrected chi connectivity index (χ0v) is 9.02. The van der Waals surface area contributed by atoms with E-state index in [0.717, 1.165) is 18.7 Å². The molecular formula is C12H15N2O2+. The highest BCUT2D eigenvalue weighted by atomic mass is 16.5. The van der Waals surface area contributed by atoms with Gasteiger partial charge in [0, 0.05) is 5.56 Å². The van der Waals surface area contributed by atoms with Crippen molar-refractivity contribution >= 4 is 0 Å². The molecule has 0 radical (unpaired) electrons. The molecule has 1 heterocycles. The van der Waals surface area contributed by atoms with Gasteiger partial charge in [-0.2, -0.15) is 5.26 Å². The standard InChI is InChI=1S/C12H14N2O2/c13-9-12(14-4-6-16-7-5-14)10-2-1-3-11(15)8-10/h1-3,8,12,15H,4-7H2/p+1/t12-/m0/s1. The summed E-state index contributed by atoms with van der Waals surface area (Å²) in [5.41, 5.74) is 0.874. The molecule has 16 heavy (non-hydrogen) atoms. The van der Waals surface area contributed by atoms with Crippen molar-refractivity contribution in [1.29, 1.82) is 5.26 Å². The van der Waals surface area contributed by atoms with Crippen LogP contribution in [0, 0.1) is 11.3 Å². The van der Waals surface area contributed by atoms with Crippen LogP contribution in [0.15, 0.2) is 24.3 Å². The number of phenols is 1. The van der Waals surface area contributed by atoms with Gasteiger partial charge in [-0.3, -0.25) is 0 Å². The Labute approximate surface area is 94.7 Å². The molecule has 0 aliphatic carbocycles. The topological polar surface area (TPSA) is 57.7 Å². The number of ether oxygens (including phenoxy) is 1. The van der Waals surface area contributed by atoms with Crippen molar-refractivity contribution < 1.29 is 14.7 Å². The molecule has 84 valence electrons. The molecule has 0 saturated carbocycles. The Kier molecular flexibility index (Phi) is 3.40. The summed E-state index contributed by atoms with van der Waals surface area (Å²) in [6.45, 7) is 3.08. The fourth-order valence-electron chi connectivity index (χ4n) is 2.03. The first-order valence-electron chi connectivity index (χ1n) is 5.42. The summed E-state index contributed by atoms with van der Waals surface area (Å²) in [6.07, 6.45) is 0. The number of benzene rings is 1. The minimum atomic E-state index is -0.212. The Morgan fingerprint density at radius 3 is 2.75 bits per heavy atom. The van der Waals surface area contributed by atoms with E-state index in [1.807, 2.05) is 6.07 Å². The molecule has 2 N–H and O–H groups in total. The van der Waals surface area contributed by atoms with Crippen LogP contribution in [0.2, 0.25) is 0 Å². The van der Waals surface area contributed by atoms with Gasteiger partial charge in [-0.1, -0.05) is 12.1 Å². The molecule has 1 aliphatic rings. The van der Waals surface area contributed by atoms with Crippen LogP contribution in [0.25, 0.3) is 0 Å². The van der Waals surface area contributed by atoms with E-state index in [4.69, 9.17) is 4.74 Å². The van der Waals surface area contributed by atoms with E-state index in [0.29, 0.717) is 13.2 Å². The largest absolute Gasteiger partial charge is 0.508 e. The fourth-order valence-corrected chi connectivity index (χ4v) is 2.03. The van der Waals surface area contributed by atoms with Gasteiger partial charge in [0.05, 0.1) is 13.2 Å². The number of quaternary nitrogens is 1. The molecule has 4 nitrogen and oxygen atoms in total. The second kappa shape index (κ2) is 4.97. The average Bonchev–Trinajstić information content (AvgIpc) is 2.31. The minimum Gasteiger partial charge on any atom is -0.508 e. The Bertz CT molecular complexity index is 394. The number of nitriles is 1. The molecule has 0 aromatic heterocycles. The third-order valence-electron chi connectivity index (χ3n) is 2.88. The molecule has 0 spiro atoms. The van der Waals surface area contributed by atoms with Crippen LogP contribution in [0.4, 0.5) is 0 Å². The van der Waals surface area contributed by atoms with Crippen molar-refractivity contribution in [3.63, 3.8) is 0 Å². The van der Waals surface area contributed by atoms with Crippen molar-refractivity contribution in [1.82, 2.24) is 0 Å². The number of aromatic hydroxyl groups is 1. The molecule has 4 heteroatoms. The number of nitrogens with one attached hydrogen (secondary N) is 1. The van der Waals surface area contributed by atoms with E-state index in [1.165, 1.54) is 4.90 Å². The first-order chi connectivity index (χ1) is 7.81. The van der Waals surface area contributed by atoms with E-state index in [-0.39, 0.29) is 11.8 Å². The number of rotatable bonds is 2. The zero-order valence-electron chi connectivity index (χ0n) is 9.02. The molecule has 1 fully saturated rings. The second-order valence-electron chi connectivity index (χ2n) is 3.93. The Balaban J connectivity index is 2.18. The summed E-state index contributed by atoms with van der Waals surface area (Å²) < 4.78 is 5.27. The van der Waals surface area contributed by atoms with Gasteiger partial charge in [-0.15, -0.1) is 0 Å². The maximum absolute atomic E-state index is 9.41. The molecule has 0 unspecified atom stereocenters. The summed E-state index contributed by atoms with van der Waals surface area (Å²) in [5.74, 6) is 0.213. The number of phenolic OH excluding ortho intramolecular Hbond substituents is 1. The number of morpholine rings is 1. The van der Waals surface area contributed by atoms with Crippen LogP contribution in [-0.4, -0.2) is 31.4 Å². The Morgan fingerprint density at radius 1 is 1.38 bits per heavy atom. The summed E-state index contributed by atoms with van der Waals surface area (Å²) in [5, 5.41) is 18.6. The van der Waals surface area contributed by atoms with E-state index in [1.54, 1.807) is 18.2 Å². The highest BCUT2D eigenvalue weighted by molar-refractivity contribution is 5.30. The van der Waals surface area contributed by atoms with Gasteiger partial charge in [0.2, 0.25) is 6.04 Å². The summed E-state index contributed by atoms with van der Waals surface area (Å²) in [6, 6.07) is 9.04. The molecule has 1 aromatic carbocycles. The van der Waals surface area contributed by atoms with Gasteiger partial charge >= 0.3 is 0 Å². The Morgan fingerprint density at radius 2 is 2.12 bits per heavy atom. The molecule has 1 saturated heterocycles. The maximum atomic E-state index is 9.41. The summed E-state index contributed by atoms with van der Waals surface area (Å²) in [4.78, 5) is 1.21. The molecule has 2 rings (SSSR count). The van der Waals surface area contributed by atoms with Gasteiger partial charge in [0.1, 0.15) is 24.9 Å². The molecule has 1 atom stereocenters. The lowest BCUT2D eigenvalue weighted by atomic mass is 10.1. The third-order valence-corrected chi connectivity index (χ3v) is 2.88. The summed E-state index contributed by atoms with van der Waals surface area (Å²) in [7, 11) is 0. The highest BCUT2D eigenvalue weighted by Crippen LogP contribution is 2.15. The van der Waals surface area contributed by atoms with Crippen LogP contribution in [0.3, 0.4) is 0 Å². The average molecular weight is 219 g/mol. The van der Waals surface area contributed by atoms with Crippen molar-refractivity contribution in [2.45, 2.75) is 6.04 Å². The normalized spacial score (nSPS) is 18.9. The SMILES string of the molecule is N#C[C@@H](c1cccc(O)c1)[NH+]1CCOCC1. The van der Waals surface area contributed by atoms with Crippen molar-refractivity contribution in [2.24, 2.45) is 0 Å². The van der Waals surface area contributed by atoms with Crippen LogP contribution in [-0.2, 0) is 4.74 Å². The van der Waals surface area contributed by atoms with Gasteiger partial charge in [0.25, 0.3) is 0 Å². The lowest BCUT2D eigenvalue weighted by Gasteiger charge is -2.27. The van der Waals surface area contributed by atoms with Gasteiger partial charge in [-0.25, -0.2) is 0 Å². The number of hydrogen-bond acceptors (Lipinski definition) is 3. The smallest absolute Gasteiger partial charge is 0.201 e. The lowest BCUT2D eigenvalue weighted by molar-refractivity contribution is -0.930. The molecular weight excluding hydrogens is 204 g/mol. The molecule has 0 amide bonds. The van der Waals surface area contributed by atoms with Crippen LogP contribution in [0.5, 0.6) is 5.75 Å². The minimum absolute atomic E-state index is 0.212. The predicted molar refractivity (Wildman–Crippen MR) is 58.0 cm³/mol. The van der Waals surface area contributed by atoms with Crippen LogP contribution < -0.4 is 4.90 Å². The van der Waals surface area contributed by atoms with E-state index < -0.39 is 0 Å². The molecule has 1 aliphatic heterocycles. The van der Waals surface area contributed by atoms with Crippen LogP contribution >= 0.6 is 0 Å². The van der Waals surface area contributed by atoms with E-state index >= 15 is 0 Å². The lowest BCUT2D eigenvalue weighted by Crippen LogP contribution is -3.14. The number of hydrogen-bond donors (Lipinski definition) is 2. The predicted octanol–water partition coefficient (Wildman–Crippen LogP) is -0.128. The highest BCUT2D eigenvalue weighted by Gasteiger charge is 2.26. The monoisotopic (exact) mass is 219 g/mol. The van der Waals surface area contributed by atoms with Gasteiger partial charge in [-0.05, 0) is 12.1 Å². The zero-order chi connectivity index (χ0) is 11.4. The fraction of sp³-hybridized carbons (Fsp3) is 0.417. The maximum Gasteiger partial charge on any atom is 0.201 e. The quantitative estimate of drug-likeness (QED) is 0.728. The van der Waals surface area contributed by atoms with Gasteiger partial charge in [0.15, 0.2) is 0 Å². The first kappa shape index (κ1) is 10.9. The molecule has 0 bridgehead atoms. The van der Waals surface area contributed by atoms with E-state index in [2.05, 4.69) is 6.07 Å². The van der Waals surface area contributed by atoms with Crippen molar-refractivity contribution in [3.05, 3.63) is 29.8 Å². The van der Waals surface area contributed by atoms with E-state index in [9.17, 15) is 10.4 Å². The third kappa shape index (κ3) is 2.32. The van der Waals surface area contributed by atoms with Crippen LogP contribution in [0.1, 0.15) is 11.6 Å². The second-order valence-corrected chi connectivity index (χ2v) is 3.93.